The molecule has 1 heterocycles. The van der Waals surface area contributed by atoms with E-state index in [1.165, 1.54) is 0 Å². The molecule has 0 aliphatic carbocycles. The van der Waals surface area contributed by atoms with Crippen LogP contribution in [0.25, 0.3) is 5.69 Å². The molecule has 1 aromatic heterocycles. The van der Waals surface area contributed by atoms with Crippen LogP contribution in [0, 0.1) is 0 Å². The van der Waals surface area contributed by atoms with E-state index in [-0.39, 0.29) is 12.5 Å². The minimum absolute atomic E-state index is 0.0722. The van der Waals surface area contributed by atoms with E-state index in [2.05, 4.69) is 5.32 Å². The molecule has 0 saturated heterocycles. The average molecular weight is 258 g/mol. The fourth-order valence-electron chi connectivity index (χ4n) is 1.83. The van der Waals surface area contributed by atoms with Gasteiger partial charge in [0.2, 0.25) is 0 Å². The van der Waals surface area contributed by atoms with E-state index >= 15 is 0 Å². The van der Waals surface area contributed by atoms with E-state index in [4.69, 9.17) is 5.11 Å². The molecule has 2 aromatic rings. The van der Waals surface area contributed by atoms with E-state index in [0.29, 0.717) is 18.5 Å². The molecule has 19 heavy (non-hydrogen) atoms. The second-order valence-corrected chi connectivity index (χ2v) is 4.32. The lowest BCUT2D eigenvalue weighted by molar-refractivity contribution is 0.0952. The van der Waals surface area contributed by atoms with Gasteiger partial charge in [-0.15, -0.1) is 0 Å². The third kappa shape index (κ3) is 3.69. The molecule has 1 aromatic carbocycles. The molecule has 0 radical (unpaired) electrons. The Balaban J connectivity index is 1.93. The van der Waals surface area contributed by atoms with Crippen LogP contribution in [-0.2, 0) is 0 Å². The molecule has 0 aliphatic heterocycles. The number of nitrogens with zero attached hydrogens (tertiary/aromatic N) is 1. The molecule has 0 bridgehead atoms. The van der Waals surface area contributed by atoms with Gasteiger partial charge >= 0.3 is 0 Å². The number of benzene rings is 1. The highest BCUT2D eigenvalue weighted by Gasteiger charge is 2.04. The fourth-order valence-corrected chi connectivity index (χ4v) is 1.83. The van der Waals surface area contributed by atoms with Gasteiger partial charge in [0, 0.05) is 36.8 Å². The number of rotatable bonds is 6. The lowest BCUT2D eigenvalue weighted by Crippen LogP contribution is -2.24. The molecule has 0 fully saturated rings. The van der Waals surface area contributed by atoms with Gasteiger partial charge in [-0.2, -0.15) is 0 Å². The molecule has 0 aliphatic rings. The smallest absolute Gasteiger partial charge is 0.251 e. The maximum absolute atomic E-state index is 11.8. The Bertz CT molecular complexity index is 503. The Kier molecular flexibility index (Phi) is 4.75. The molecule has 1 amide bonds. The Morgan fingerprint density at radius 1 is 1.11 bits per heavy atom. The van der Waals surface area contributed by atoms with Gasteiger partial charge in [0.25, 0.3) is 5.91 Å². The normalized spacial score (nSPS) is 10.4. The van der Waals surface area contributed by atoms with Crippen LogP contribution in [0.1, 0.15) is 23.2 Å². The van der Waals surface area contributed by atoms with E-state index in [1.54, 1.807) is 0 Å². The topological polar surface area (TPSA) is 54.3 Å². The Morgan fingerprint density at radius 3 is 2.42 bits per heavy atom. The predicted octanol–water partition coefficient (Wildman–Crippen LogP) is 1.98. The third-order valence-corrected chi connectivity index (χ3v) is 2.90. The Labute approximate surface area is 112 Å². The second-order valence-electron chi connectivity index (χ2n) is 4.32. The van der Waals surface area contributed by atoms with Gasteiger partial charge in [0.1, 0.15) is 0 Å². The molecule has 4 heteroatoms. The summed E-state index contributed by atoms with van der Waals surface area (Å²) in [6.45, 7) is 0.764. The molecule has 0 unspecified atom stereocenters. The summed E-state index contributed by atoms with van der Waals surface area (Å²) < 4.78 is 1.99. The zero-order chi connectivity index (χ0) is 13.5. The van der Waals surface area contributed by atoms with Gasteiger partial charge < -0.3 is 15.0 Å². The van der Waals surface area contributed by atoms with Gasteiger partial charge in [-0.3, -0.25) is 4.79 Å². The summed E-state index contributed by atoms with van der Waals surface area (Å²) in [7, 11) is 0. The number of carbonyl (C=O) groups is 1. The van der Waals surface area contributed by atoms with Crippen molar-refractivity contribution in [2.24, 2.45) is 0 Å². The number of hydrogen-bond acceptors (Lipinski definition) is 2. The SMILES string of the molecule is O=C(NCCCCO)c1ccc(-n2cccc2)cc1. The highest BCUT2D eigenvalue weighted by molar-refractivity contribution is 5.94. The number of aliphatic hydroxyl groups excluding tert-OH is 1. The first-order valence-electron chi connectivity index (χ1n) is 6.44. The van der Waals surface area contributed by atoms with Gasteiger partial charge in [0.15, 0.2) is 0 Å². The first-order chi connectivity index (χ1) is 9.31. The van der Waals surface area contributed by atoms with Gasteiger partial charge in [-0.25, -0.2) is 0 Å². The van der Waals surface area contributed by atoms with Crippen molar-refractivity contribution in [3.05, 3.63) is 54.4 Å². The number of nitrogens with one attached hydrogen (secondary N) is 1. The van der Waals surface area contributed by atoms with Gasteiger partial charge in [-0.1, -0.05) is 0 Å². The number of carbonyl (C=O) groups excluding carboxylic acids is 1. The van der Waals surface area contributed by atoms with Crippen molar-refractivity contribution in [3.8, 4) is 5.69 Å². The lowest BCUT2D eigenvalue weighted by Gasteiger charge is -2.06. The quantitative estimate of drug-likeness (QED) is 0.778. The highest BCUT2D eigenvalue weighted by atomic mass is 16.2. The summed E-state index contributed by atoms with van der Waals surface area (Å²) >= 11 is 0. The second kappa shape index (κ2) is 6.75. The van der Waals surface area contributed by atoms with Crippen LogP contribution >= 0.6 is 0 Å². The first kappa shape index (κ1) is 13.4. The van der Waals surface area contributed by atoms with E-state index in [9.17, 15) is 4.79 Å². The van der Waals surface area contributed by atoms with Crippen molar-refractivity contribution in [3.63, 3.8) is 0 Å². The zero-order valence-electron chi connectivity index (χ0n) is 10.7. The largest absolute Gasteiger partial charge is 0.396 e. The zero-order valence-corrected chi connectivity index (χ0v) is 10.7. The minimum Gasteiger partial charge on any atom is -0.396 e. The minimum atomic E-state index is -0.0722. The molecular formula is C15H18N2O2. The summed E-state index contributed by atoms with van der Waals surface area (Å²) in [6, 6.07) is 11.4. The number of aliphatic hydroxyl groups is 1. The van der Waals surface area contributed by atoms with Crippen LogP contribution in [0.2, 0.25) is 0 Å². The van der Waals surface area contributed by atoms with Crippen LogP contribution in [0.3, 0.4) is 0 Å². The van der Waals surface area contributed by atoms with Crippen LogP contribution in [0.15, 0.2) is 48.8 Å². The van der Waals surface area contributed by atoms with E-state index in [1.807, 2.05) is 53.4 Å². The third-order valence-electron chi connectivity index (χ3n) is 2.90. The van der Waals surface area contributed by atoms with Gasteiger partial charge in [0.05, 0.1) is 0 Å². The number of aromatic nitrogens is 1. The summed E-state index contributed by atoms with van der Waals surface area (Å²) in [6.07, 6.45) is 5.43. The first-order valence-corrected chi connectivity index (χ1v) is 6.44. The monoisotopic (exact) mass is 258 g/mol. The van der Waals surface area contributed by atoms with Crippen LogP contribution in [0.4, 0.5) is 0 Å². The van der Waals surface area contributed by atoms with Crippen LogP contribution in [-0.4, -0.2) is 28.7 Å². The summed E-state index contributed by atoms with van der Waals surface area (Å²) in [4.78, 5) is 11.8. The molecule has 0 atom stereocenters. The van der Waals surface area contributed by atoms with E-state index < -0.39 is 0 Å². The van der Waals surface area contributed by atoms with Gasteiger partial charge in [-0.05, 0) is 49.2 Å². The van der Waals surface area contributed by atoms with Crippen molar-refractivity contribution >= 4 is 5.91 Å². The van der Waals surface area contributed by atoms with Crippen molar-refractivity contribution in [2.75, 3.05) is 13.2 Å². The standard InChI is InChI=1S/C15H18N2O2/c18-12-4-1-9-16-15(19)13-5-7-14(8-6-13)17-10-2-3-11-17/h2-3,5-8,10-11,18H,1,4,9,12H2,(H,16,19). The molecule has 2 rings (SSSR count). The fraction of sp³-hybridized carbons (Fsp3) is 0.267. The van der Waals surface area contributed by atoms with Crippen molar-refractivity contribution in [1.82, 2.24) is 9.88 Å². The summed E-state index contributed by atoms with van der Waals surface area (Å²) in [5.74, 6) is -0.0722. The molecule has 4 nitrogen and oxygen atoms in total. The maximum Gasteiger partial charge on any atom is 0.251 e. The van der Waals surface area contributed by atoms with Crippen molar-refractivity contribution in [2.45, 2.75) is 12.8 Å². The Hall–Kier alpha value is -2.07. The van der Waals surface area contributed by atoms with Crippen molar-refractivity contribution < 1.29 is 9.90 Å². The molecule has 2 N–H and O–H groups in total. The summed E-state index contributed by atoms with van der Waals surface area (Å²) in [5.41, 5.74) is 1.68. The highest BCUT2D eigenvalue weighted by Crippen LogP contribution is 2.09. The van der Waals surface area contributed by atoms with E-state index in [0.717, 1.165) is 12.1 Å². The van der Waals surface area contributed by atoms with Crippen molar-refractivity contribution in [1.29, 1.82) is 0 Å². The number of hydrogen-bond donors (Lipinski definition) is 2. The predicted molar refractivity (Wildman–Crippen MR) is 74.4 cm³/mol. The van der Waals surface area contributed by atoms with Crippen LogP contribution < -0.4 is 5.32 Å². The molecule has 0 saturated carbocycles. The lowest BCUT2D eigenvalue weighted by atomic mass is 10.2. The maximum atomic E-state index is 11.8. The number of unbranched alkanes of at least 4 members (excludes halogenated alkanes) is 1. The summed E-state index contributed by atoms with van der Waals surface area (Å²) in [5, 5.41) is 11.5. The Morgan fingerprint density at radius 2 is 1.79 bits per heavy atom. The molecule has 0 spiro atoms. The average Bonchev–Trinajstić information content (AvgIpc) is 2.98. The molecule has 100 valence electrons. The molecular weight excluding hydrogens is 240 g/mol. The number of amides is 1. The van der Waals surface area contributed by atoms with Crippen LogP contribution in [0.5, 0.6) is 0 Å².